The molecule has 2 aromatic heterocycles. The largest absolute Gasteiger partial charge is 0.481 e. The Bertz CT molecular complexity index is 804. The molecule has 0 saturated heterocycles. The minimum atomic E-state index is -0.996. The number of thiophene rings is 1. The Morgan fingerprint density at radius 2 is 2.27 bits per heavy atom. The topological polar surface area (TPSA) is 72.2 Å². The van der Waals surface area contributed by atoms with Crippen molar-refractivity contribution in [2.24, 2.45) is 11.3 Å². The lowest BCUT2D eigenvalue weighted by molar-refractivity contribution is -0.147. The van der Waals surface area contributed by atoms with Crippen LogP contribution in [0.5, 0.6) is 0 Å². The van der Waals surface area contributed by atoms with Crippen molar-refractivity contribution in [3.8, 4) is 0 Å². The molecule has 2 aromatic rings. The first-order valence-corrected chi connectivity index (χ1v) is 8.34. The summed E-state index contributed by atoms with van der Waals surface area (Å²) < 4.78 is 1.45. The van der Waals surface area contributed by atoms with Crippen molar-refractivity contribution >= 4 is 27.5 Å². The number of aromatic nitrogens is 2. The maximum absolute atomic E-state index is 12.8. The van der Waals surface area contributed by atoms with Crippen LogP contribution in [0.2, 0.25) is 0 Å². The molecule has 0 radical (unpaired) electrons. The zero-order valence-corrected chi connectivity index (χ0v) is 13.9. The van der Waals surface area contributed by atoms with Gasteiger partial charge >= 0.3 is 5.97 Å². The van der Waals surface area contributed by atoms with Crippen LogP contribution in [0.15, 0.2) is 11.1 Å². The quantitative estimate of drug-likeness (QED) is 0.944. The summed E-state index contributed by atoms with van der Waals surface area (Å²) in [6.07, 6.45) is 4.50. The molecule has 2 heterocycles. The monoisotopic (exact) mass is 320 g/mol. The van der Waals surface area contributed by atoms with E-state index in [0.29, 0.717) is 11.3 Å². The summed E-state index contributed by atoms with van der Waals surface area (Å²) in [6.45, 7) is 5.60. The van der Waals surface area contributed by atoms with Crippen molar-refractivity contribution in [1.29, 1.82) is 0 Å². The highest BCUT2D eigenvalue weighted by Gasteiger charge is 2.29. The fourth-order valence-corrected chi connectivity index (χ4v) is 4.31. The van der Waals surface area contributed by atoms with E-state index >= 15 is 0 Å². The van der Waals surface area contributed by atoms with Gasteiger partial charge in [-0.25, -0.2) is 4.98 Å². The summed E-state index contributed by atoms with van der Waals surface area (Å²) in [4.78, 5) is 30.5. The molecule has 0 amide bonds. The molecular weight excluding hydrogens is 300 g/mol. The molecule has 0 saturated carbocycles. The molecule has 0 aromatic carbocycles. The van der Waals surface area contributed by atoms with Crippen LogP contribution in [0, 0.1) is 11.3 Å². The molecule has 0 spiro atoms. The third-order valence-corrected chi connectivity index (χ3v) is 5.59. The van der Waals surface area contributed by atoms with Crippen LogP contribution >= 0.6 is 11.3 Å². The van der Waals surface area contributed by atoms with E-state index in [1.165, 1.54) is 15.8 Å². The van der Waals surface area contributed by atoms with Crippen LogP contribution in [0.3, 0.4) is 0 Å². The summed E-state index contributed by atoms with van der Waals surface area (Å²) in [5.74, 6) is -0.269. The number of aryl methyl sites for hydroxylation is 1. The lowest BCUT2D eigenvalue weighted by Crippen LogP contribution is -2.34. The number of hydrogen-bond donors (Lipinski definition) is 1. The van der Waals surface area contributed by atoms with Crippen LogP contribution in [0.4, 0.5) is 0 Å². The van der Waals surface area contributed by atoms with Crippen molar-refractivity contribution in [3.63, 3.8) is 0 Å². The van der Waals surface area contributed by atoms with Crippen molar-refractivity contribution in [3.05, 3.63) is 27.1 Å². The fraction of sp³-hybridized carbons (Fsp3) is 0.562. The van der Waals surface area contributed by atoms with Crippen LogP contribution in [-0.2, 0) is 24.2 Å². The van der Waals surface area contributed by atoms with Crippen LogP contribution in [0.1, 0.15) is 37.6 Å². The summed E-state index contributed by atoms with van der Waals surface area (Å²) in [7, 11) is 0. The zero-order chi connectivity index (χ0) is 16.1. The number of carbonyl (C=O) groups is 1. The minimum absolute atomic E-state index is 0.105. The first-order chi connectivity index (χ1) is 10.3. The average Bonchev–Trinajstić information content (AvgIpc) is 2.79. The molecule has 1 aliphatic rings. The van der Waals surface area contributed by atoms with Gasteiger partial charge < -0.3 is 5.11 Å². The predicted octanol–water partition coefficient (Wildman–Crippen LogP) is 2.69. The first-order valence-electron chi connectivity index (χ1n) is 7.52. The molecule has 5 nitrogen and oxygen atoms in total. The summed E-state index contributed by atoms with van der Waals surface area (Å²) in [5, 5.41) is 9.96. The van der Waals surface area contributed by atoms with Crippen molar-refractivity contribution < 1.29 is 9.90 Å². The molecule has 6 heteroatoms. The number of nitrogens with zero attached hydrogens (tertiary/aromatic N) is 2. The number of rotatable bonds is 3. The van der Waals surface area contributed by atoms with Gasteiger partial charge in [-0.3, -0.25) is 14.2 Å². The number of hydrogen-bond acceptors (Lipinski definition) is 4. The normalized spacial score (nSPS) is 18.4. The number of fused-ring (bicyclic) bond motifs is 3. The molecule has 22 heavy (non-hydrogen) atoms. The predicted molar refractivity (Wildman–Crippen MR) is 86.5 cm³/mol. The van der Waals surface area contributed by atoms with E-state index < -0.39 is 11.4 Å². The number of aliphatic carboxylic acids is 1. The van der Waals surface area contributed by atoms with Crippen LogP contribution in [0.25, 0.3) is 10.2 Å². The van der Waals surface area contributed by atoms with Crippen LogP contribution < -0.4 is 5.56 Å². The van der Waals surface area contributed by atoms with Crippen molar-refractivity contribution in [2.45, 2.75) is 46.6 Å². The fourth-order valence-electron chi connectivity index (χ4n) is 2.97. The third kappa shape index (κ3) is 2.45. The lowest BCUT2D eigenvalue weighted by Gasteiger charge is -2.20. The standard InChI is InChI=1S/C16H20N2O3S/c1-9-4-5-10-11(6-9)22-13-12(10)14(19)18(8-17-13)7-16(2,3)15(20)21/h8-9H,4-7H2,1-3H3,(H,20,21). The van der Waals surface area contributed by atoms with Crippen molar-refractivity contribution in [2.75, 3.05) is 0 Å². The Labute approximate surface area is 132 Å². The molecule has 0 fully saturated rings. The first kappa shape index (κ1) is 15.2. The van der Waals surface area contributed by atoms with Gasteiger partial charge in [0.2, 0.25) is 0 Å². The molecule has 3 rings (SSSR count). The second-order valence-corrected chi connectivity index (χ2v) is 7.98. The van der Waals surface area contributed by atoms with E-state index in [1.54, 1.807) is 25.2 Å². The summed E-state index contributed by atoms with van der Waals surface area (Å²) >= 11 is 1.61. The van der Waals surface area contributed by atoms with E-state index in [-0.39, 0.29) is 12.1 Å². The van der Waals surface area contributed by atoms with Gasteiger partial charge in [-0.2, -0.15) is 0 Å². The van der Waals surface area contributed by atoms with E-state index in [0.717, 1.165) is 29.7 Å². The van der Waals surface area contributed by atoms with E-state index in [9.17, 15) is 14.7 Å². The molecule has 118 valence electrons. The lowest BCUT2D eigenvalue weighted by atomic mass is 9.89. The van der Waals surface area contributed by atoms with Gasteiger partial charge in [0, 0.05) is 11.4 Å². The highest BCUT2D eigenvalue weighted by Crippen LogP contribution is 2.35. The maximum atomic E-state index is 12.8. The van der Waals surface area contributed by atoms with E-state index in [4.69, 9.17) is 0 Å². The molecule has 1 atom stereocenters. The van der Waals surface area contributed by atoms with Crippen molar-refractivity contribution in [1.82, 2.24) is 9.55 Å². The molecule has 0 aliphatic heterocycles. The van der Waals surface area contributed by atoms with Gasteiger partial charge in [0.15, 0.2) is 0 Å². The summed E-state index contributed by atoms with van der Waals surface area (Å²) in [5.41, 5.74) is 0.0357. The van der Waals surface area contributed by atoms with Gasteiger partial charge in [-0.1, -0.05) is 6.92 Å². The second kappa shape index (κ2) is 5.19. The number of carboxylic acid groups (broad SMARTS) is 1. The van der Waals surface area contributed by atoms with E-state index in [2.05, 4.69) is 11.9 Å². The van der Waals surface area contributed by atoms with Crippen LogP contribution in [-0.4, -0.2) is 20.6 Å². The second-order valence-electron chi connectivity index (χ2n) is 6.90. The summed E-state index contributed by atoms with van der Waals surface area (Å²) in [6, 6.07) is 0. The molecule has 0 bridgehead atoms. The third-order valence-electron chi connectivity index (χ3n) is 4.43. The molecule has 1 N–H and O–H groups in total. The average molecular weight is 320 g/mol. The maximum Gasteiger partial charge on any atom is 0.310 e. The van der Waals surface area contributed by atoms with Gasteiger partial charge in [0.25, 0.3) is 5.56 Å². The highest BCUT2D eigenvalue weighted by molar-refractivity contribution is 7.18. The van der Waals surface area contributed by atoms with Gasteiger partial charge in [-0.05, 0) is 44.6 Å². The highest BCUT2D eigenvalue weighted by atomic mass is 32.1. The zero-order valence-electron chi connectivity index (χ0n) is 13.0. The minimum Gasteiger partial charge on any atom is -0.481 e. The van der Waals surface area contributed by atoms with Gasteiger partial charge in [0.1, 0.15) is 4.83 Å². The number of carboxylic acids is 1. The Kier molecular flexibility index (Phi) is 3.59. The Balaban J connectivity index is 2.10. The molecule has 1 aliphatic carbocycles. The molecule has 1 unspecified atom stereocenters. The molecular formula is C16H20N2O3S. The Morgan fingerprint density at radius 1 is 1.55 bits per heavy atom. The van der Waals surface area contributed by atoms with Gasteiger partial charge in [-0.15, -0.1) is 11.3 Å². The Hall–Kier alpha value is -1.69. The smallest absolute Gasteiger partial charge is 0.310 e. The Morgan fingerprint density at radius 3 is 2.95 bits per heavy atom. The van der Waals surface area contributed by atoms with Gasteiger partial charge in [0.05, 0.1) is 17.1 Å². The van der Waals surface area contributed by atoms with E-state index in [1.807, 2.05) is 0 Å². The SMILES string of the molecule is CC1CCc2c(sc3ncn(CC(C)(C)C(=O)O)c(=O)c23)C1.